The zero-order valence-electron chi connectivity index (χ0n) is 13.0. The molecule has 1 heterocycles. The minimum absolute atomic E-state index is 0.0412. The third-order valence-corrected chi connectivity index (χ3v) is 5.90. The number of allylic oxidation sites excluding steroid dienone is 2. The second kappa shape index (κ2) is 5.62. The van der Waals surface area contributed by atoms with Crippen molar-refractivity contribution in [1.29, 1.82) is 0 Å². The van der Waals surface area contributed by atoms with Crippen LogP contribution < -0.4 is 0 Å². The van der Waals surface area contributed by atoms with Gasteiger partial charge in [0.1, 0.15) is 0 Å². The quantitative estimate of drug-likeness (QED) is 0.551. The van der Waals surface area contributed by atoms with Crippen LogP contribution in [0.25, 0.3) is 0 Å². The van der Waals surface area contributed by atoms with E-state index >= 15 is 0 Å². The lowest BCUT2D eigenvalue weighted by Gasteiger charge is -2.44. The first kappa shape index (κ1) is 14.9. The molecule has 0 spiro atoms. The van der Waals surface area contributed by atoms with Crippen LogP contribution >= 0.6 is 11.6 Å². The lowest BCUT2D eigenvalue weighted by atomic mass is 9.63. The Labute approximate surface area is 127 Å². The molecule has 3 aliphatic rings. The van der Waals surface area contributed by atoms with Crippen LogP contribution in [-0.2, 0) is 9.47 Å². The molecule has 0 radical (unpaired) electrons. The lowest BCUT2D eigenvalue weighted by molar-refractivity contribution is -0.110. The summed E-state index contributed by atoms with van der Waals surface area (Å²) in [6.07, 6.45) is 6.43. The van der Waals surface area contributed by atoms with E-state index in [2.05, 4.69) is 20.8 Å². The van der Waals surface area contributed by atoms with E-state index < -0.39 is 0 Å². The highest BCUT2D eigenvalue weighted by Crippen LogP contribution is 2.50. The van der Waals surface area contributed by atoms with Crippen molar-refractivity contribution in [3.05, 3.63) is 11.1 Å². The third kappa shape index (κ3) is 2.67. The molecule has 2 aliphatic carbocycles. The van der Waals surface area contributed by atoms with E-state index in [1.807, 2.05) is 0 Å². The van der Waals surface area contributed by atoms with Gasteiger partial charge in [-0.25, -0.2) is 0 Å². The Morgan fingerprint density at radius 1 is 1.30 bits per heavy atom. The topological polar surface area (TPSA) is 18.5 Å². The zero-order valence-corrected chi connectivity index (χ0v) is 13.7. The Balaban J connectivity index is 1.77. The van der Waals surface area contributed by atoms with Crippen molar-refractivity contribution in [2.75, 3.05) is 12.5 Å². The van der Waals surface area contributed by atoms with Gasteiger partial charge in [0, 0.05) is 5.92 Å². The first-order chi connectivity index (χ1) is 9.51. The molecule has 0 amide bonds. The van der Waals surface area contributed by atoms with Crippen LogP contribution in [0.1, 0.15) is 52.9 Å². The summed E-state index contributed by atoms with van der Waals surface area (Å²) in [6.45, 7) is 7.84. The maximum atomic E-state index is 5.99. The fourth-order valence-corrected chi connectivity index (χ4v) is 4.45. The van der Waals surface area contributed by atoms with E-state index in [0.29, 0.717) is 29.7 Å². The van der Waals surface area contributed by atoms with Crippen LogP contribution in [0.4, 0.5) is 0 Å². The molecule has 3 heteroatoms. The van der Waals surface area contributed by atoms with Crippen LogP contribution in [0.15, 0.2) is 11.1 Å². The molecule has 0 aromatic heterocycles. The molecule has 20 heavy (non-hydrogen) atoms. The van der Waals surface area contributed by atoms with E-state index in [1.54, 1.807) is 11.1 Å². The largest absolute Gasteiger partial charge is 0.350 e. The molecule has 1 fully saturated rings. The Hall–Kier alpha value is -0.0500. The van der Waals surface area contributed by atoms with Crippen molar-refractivity contribution < 1.29 is 9.47 Å². The summed E-state index contributed by atoms with van der Waals surface area (Å²) in [6, 6.07) is 0. The smallest absolute Gasteiger partial charge is 0.161 e. The lowest BCUT2D eigenvalue weighted by Crippen LogP contribution is -2.36. The molecular formula is C17H27ClO2. The Kier molecular flexibility index (Phi) is 4.18. The van der Waals surface area contributed by atoms with E-state index in [-0.39, 0.29) is 12.4 Å². The van der Waals surface area contributed by atoms with Crippen LogP contribution in [-0.4, -0.2) is 24.9 Å². The van der Waals surface area contributed by atoms with Gasteiger partial charge in [0.2, 0.25) is 0 Å². The Morgan fingerprint density at radius 2 is 2.10 bits per heavy atom. The molecule has 1 aliphatic heterocycles. The van der Waals surface area contributed by atoms with E-state index in [4.69, 9.17) is 21.1 Å². The van der Waals surface area contributed by atoms with Crippen LogP contribution in [0.3, 0.4) is 0 Å². The van der Waals surface area contributed by atoms with Gasteiger partial charge < -0.3 is 9.47 Å². The van der Waals surface area contributed by atoms with Crippen LogP contribution in [0, 0.1) is 17.3 Å². The summed E-state index contributed by atoms with van der Waals surface area (Å²) in [7, 11) is 0. The van der Waals surface area contributed by atoms with Crippen LogP contribution in [0.2, 0.25) is 0 Å². The third-order valence-electron chi connectivity index (χ3n) is 5.56. The fourth-order valence-electron chi connectivity index (χ4n) is 4.29. The Bertz CT molecular complexity index is 402. The zero-order chi connectivity index (χ0) is 14.3. The summed E-state index contributed by atoms with van der Waals surface area (Å²) in [5.41, 5.74) is 3.81. The van der Waals surface area contributed by atoms with Gasteiger partial charge in [-0.2, -0.15) is 0 Å². The number of hydrogen-bond donors (Lipinski definition) is 0. The van der Waals surface area contributed by atoms with Gasteiger partial charge in [-0.3, -0.25) is 0 Å². The predicted molar refractivity (Wildman–Crippen MR) is 81.9 cm³/mol. The molecule has 114 valence electrons. The van der Waals surface area contributed by atoms with Gasteiger partial charge in [-0.15, -0.1) is 11.6 Å². The molecule has 1 saturated heterocycles. The monoisotopic (exact) mass is 298 g/mol. The average Bonchev–Trinajstić information content (AvgIpc) is 2.86. The maximum absolute atomic E-state index is 5.99. The van der Waals surface area contributed by atoms with E-state index in [0.717, 1.165) is 6.42 Å². The fraction of sp³-hybridized carbons (Fsp3) is 0.882. The highest BCUT2D eigenvalue weighted by molar-refractivity contribution is 6.18. The molecule has 2 nitrogen and oxygen atoms in total. The molecule has 0 aromatic carbocycles. The second-order valence-corrected chi connectivity index (χ2v) is 7.79. The highest BCUT2D eigenvalue weighted by atomic mass is 35.5. The maximum Gasteiger partial charge on any atom is 0.161 e. The van der Waals surface area contributed by atoms with E-state index in [9.17, 15) is 0 Å². The van der Waals surface area contributed by atoms with Gasteiger partial charge >= 0.3 is 0 Å². The highest BCUT2D eigenvalue weighted by Gasteiger charge is 2.42. The summed E-state index contributed by atoms with van der Waals surface area (Å²) < 4.78 is 11.9. The summed E-state index contributed by atoms with van der Waals surface area (Å²) >= 11 is 5.89. The SMILES string of the molecule is C[C@H]1CC2=C(C[C@H]1[C@H]1OC[C@H](CCl)O1)C(C)(C)CCC2. The van der Waals surface area contributed by atoms with Crippen molar-refractivity contribution in [3.63, 3.8) is 0 Å². The van der Waals surface area contributed by atoms with Gasteiger partial charge in [-0.1, -0.05) is 31.9 Å². The van der Waals surface area contributed by atoms with Gasteiger partial charge in [0.15, 0.2) is 6.29 Å². The first-order valence-corrected chi connectivity index (χ1v) is 8.59. The van der Waals surface area contributed by atoms with Crippen LogP contribution in [0.5, 0.6) is 0 Å². The molecule has 0 aromatic rings. The molecular weight excluding hydrogens is 272 g/mol. The van der Waals surface area contributed by atoms with Gasteiger partial charge in [0.05, 0.1) is 18.6 Å². The minimum atomic E-state index is -0.0412. The first-order valence-electron chi connectivity index (χ1n) is 8.05. The van der Waals surface area contributed by atoms with Crippen molar-refractivity contribution in [2.24, 2.45) is 17.3 Å². The predicted octanol–water partition coefficient (Wildman–Crippen LogP) is 4.52. The van der Waals surface area contributed by atoms with Crippen molar-refractivity contribution in [3.8, 4) is 0 Å². The van der Waals surface area contributed by atoms with Crippen molar-refractivity contribution in [1.82, 2.24) is 0 Å². The Morgan fingerprint density at radius 3 is 2.80 bits per heavy atom. The number of hydrogen-bond acceptors (Lipinski definition) is 2. The number of alkyl halides is 1. The molecule has 4 atom stereocenters. The van der Waals surface area contributed by atoms with Crippen molar-refractivity contribution >= 4 is 11.6 Å². The van der Waals surface area contributed by atoms with Crippen molar-refractivity contribution in [2.45, 2.75) is 65.3 Å². The second-order valence-electron chi connectivity index (χ2n) is 7.48. The van der Waals surface area contributed by atoms with Gasteiger partial charge in [-0.05, 0) is 43.4 Å². The van der Waals surface area contributed by atoms with E-state index in [1.165, 1.54) is 25.7 Å². The summed E-state index contributed by atoms with van der Waals surface area (Å²) in [5.74, 6) is 1.69. The summed E-state index contributed by atoms with van der Waals surface area (Å²) in [4.78, 5) is 0. The number of rotatable bonds is 2. The standard InChI is InChI=1S/C17H27ClO2/c1-11-7-12-5-4-6-17(2,3)15(12)8-14(11)16-19-10-13(9-18)20-16/h11,13-14,16H,4-10H2,1-3H3/t11-,13-,14+,16-/m0/s1. The molecule has 3 rings (SSSR count). The molecule has 0 saturated carbocycles. The number of halogens is 1. The minimum Gasteiger partial charge on any atom is -0.350 e. The molecule has 0 unspecified atom stereocenters. The number of ether oxygens (including phenoxy) is 2. The molecule has 0 bridgehead atoms. The average molecular weight is 299 g/mol. The summed E-state index contributed by atoms with van der Waals surface area (Å²) in [5, 5.41) is 0. The normalized spacial score (nSPS) is 40.8. The molecule has 0 N–H and O–H groups in total. The van der Waals surface area contributed by atoms with Gasteiger partial charge in [0.25, 0.3) is 0 Å².